The molecule has 0 aliphatic carbocycles. The van der Waals surface area contributed by atoms with Gasteiger partial charge in [-0.25, -0.2) is 5.90 Å². The Labute approximate surface area is 74.4 Å². The van der Waals surface area contributed by atoms with Crippen molar-refractivity contribution in [1.82, 2.24) is 0 Å². The Morgan fingerprint density at radius 1 is 1.36 bits per heavy atom. The molecule has 1 rings (SSSR count). The Bertz CT molecular complexity index is 222. The predicted octanol–water partition coefficient (Wildman–Crippen LogP) is 2.40. The minimum atomic E-state index is -0.0388. The molecule has 0 saturated carbocycles. The van der Waals surface area contributed by atoms with E-state index in [1.165, 1.54) is 0 Å². The molecule has 0 bridgehead atoms. The van der Waals surface area contributed by atoms with Gasteiger partial charge in [-0.05, 0) is 24.6 Å². The fourth-order valence-electron chi connectivity index (χ4n) is 0.812. The third kappa shape index (κ3) is 2.29. The van der Waals surface area contributed by atoms with Gasteiger partial charge in [-0.1, -0.05) is 28.1 Å². The average Bonchev–Trinajstić information content (AvgIpc) is 2.05. The smallest absolute Gasteiger partial charge is 0.101 e. The highest BCUT2D eigenvalue weighted by Crippen LogP contribution is 2.17. The molecule has 2 nitrogen and oxygen atoms in total. The number of halogens is 1. The Morgan fingerprint density at radius 2 is 1.91 bits per heavy atom. The normalized spacial score (nSPS) is 13.0. The first kappa shape index (κ1) is 8.71. The third-order valence-electron chi connectivity index (χ3n) is 1.54. The molecule has 0 heterocycles. The van der Waals surface area contributed by atoms with E-state index in [1.807, 2.05) is 31.2 Å². The second-order valence-electron chi connectivity index (χ2n) is 2.33. The van der Waals surface area contributed by atoms with E-state index in [4.69, 9.17) is 5.90 Å². The van der Waals surface area contributed by atoms with Crippen LogP contribution in [0.25, 0.3) is 0 Å². The van der Waals surface area contributed by atoms with Gasteiger partial charge in [-0.2, -0.15) is 0 Å². The van der Waals surface area contributed by atoms with E-state index in [1.54, 1.807) is 0 Å². The zero-order chi connectivity index (χ0) is 8.27. The van der Waals surface area contributed by atoms with Crippen LogP contribution >= 0.6 is 15.9 Å². The van der Waals surface area contributed by atoms with Crippen molar-refractivity contribution in [1.29, 1.82) is 0 Å². The van der Waals surface area contributed by atoms with Gasteiger partial charge in [0.2, 0.25) is 0 Å². The van der Waals surface area contributed by atoms with Crippen LogP contribution in [0.15, 0.2) is 28.7 Å². The maximum atomic E-state index is 5.03. The van der Waals surface area contributed by atoms with Crippen molar-refractivity contribution in [3.8, 4) is 0 Å². The van der Waals surface area contributed by atoms with E-state index in [9.17, 15) is 0 Å². The quantitative estimate of drug-likeness (QED) is 0.770. The van der Waals surface area contributed by atoms with Gasteiger partial charge in [-0.3, -0.25) is 4.84 Å². The molecule has 0 aliphatic heterocycles. The summed E-state index contributed by atoms with van der Waals surface area (Å²) < 4.78 is 1.06. The van der Waals surface area contributed by atoms with Gasteiger partial charge in [0.1, 0.15) is 6.10 Å². The monoisotopic (exact) mass is 215 g/mol. The first-order chi connectivity index (χ1) is 5.24. The maximum Gasteiger partial charge on any atom is 0.101 e. The van der Waals surface area contributed by atoms with Crippen molar-refractivity contribution < 1.29 is 4.84 Å². The number of nitrogens with two attached hydrogens (primary N) is 1. The molecule has 3 heteroatoms. The van der Waals surface area contributed by atoms with Crippen molar-refractivity contribution >= 4 is 15.9 Å². The SMILES string of the molecule is CC(ON)c1ccc(Br)cc1. The number of rotatable bonds is 2. The van der Waals surface area contributed by atoms with Crippen LogP contribution in [0.1, 0.15) is 18.6 Å². The lowest BCUT2D eigenvalue weighted by Crippen LogP contribution is -2.04. The van der Waals surface area contributed by atoms with Crippen LogP contribution in [0.4, 0.5) is 0 Å². The molecule has 1 aromatic rings. The topological polar surface area (TPSA) is 35.2 Å². The first-order valence-electron chi connectivity index (χ1n) is 3.35. The molecule has 0 amide bonds. The molecule has 60 valence electrons. The highest BCUT2D eigenvalue weighted by molar-refractivity contribution is 9.10. The van der Waals surface area contributed by atoms with Crippen LogP contribution in [0.2, 0.25) is 0 Å². The van der Waals surface area contributed by atoms with Gasteiger partial charge in [0, 0.05) is 4.47 Å². The van der Waals surface area contributed by atoms with E-state index >= 15 is 0 Å². The average molecular weight is 216 g/mol. The van der Waals surface area contributed by atoms with E-state index in [-0.39, 0.29) is 6.10 Å². The lowest BCUT2D eigenvalue weighted by Gasteiger charge is -2.07. The number of hydrogen-bond donors (Lipinski definition) is 1. The number of hydrogen-bond acceptors (Lipinski definition) is 2. The van der Waals surface area contributed by atoms with Gasteiger partial charge < -0.3 is 0 Å². The maximum absolute atomic E-state index is 5.03. The minimum Gasteiger partial charge on any atom is -0.297 e. The molecule has 1 unspecified atom stereocenters. The summed E-state index contributed by atoms with van der Waals surface area (Å²) in [4.78, 5) is 4.66. The third-order valence-corrected chi connectivity index (χ3v) is 2.07. The molecule has 0 spiro atoms. The zero-order valence-corrected chi connectivity index (χ0v) is 7.84. The summed E-state index contributed by atoms with van der Waals surface area (Å²) in [5.74, 6) is 5.03. The molecule has 1 atom stereocenters. The lowest BCUT2D eigenvalue weighted by molar-refractivity contribution is 0.0664. The fourth-order valence-corrected chi connectivity index (χ4v) is 1.08. The Morgan fingerprint density at radius 3 is 2.36 bits per heavy atom. The zero-order valence-electron chi connectivity index (χ0n) is 6.25. The van der Waals surface area contributed by atoms with Crippen molar-refractivity contribution in [2.24, 2.45) is 5.90 Å². The largest absolute Gasteiger partial charge is 0.297 e. The van der Waals surface area contributed by atoms with Crippen LogP contribution in [0, 0.1) is 0 Å². The fraction of sp³-hybridized carbons (Fsp3) is 0.250. The molecule has 0 aromatic heterocycles. The lowest BCUT2D eigenvalue weighted by atomic mass is 10.1. The van der Waals surface area contributed by atoms with Gasteiger partial charge in [0.15, 0.2) is 0 Å². The molecule has 0 saturated heterocycles. The van der Waals surface area contributed by atoms with Gasteiger partial charge in [0.25, 0.3) is 0 Å². The van der Waals surface area contributed by atoms with Gasteiger partial charge in [-0.15, -0.1) is 0 Å². The second kappa shape index (κ2) is 3.85. The van der Waals surface area contributed by atoms with Crippen molar-refractivity contribution in [3.63, 3.8) is 0 Å². The van der Waals surface area contributed by atoms with Crippen molar-refractivity contribution in [2.45, 2.75) is 13.0 Å². The summed E-state index contributed by atoms with van der Waals surface area (Å²) in [5.41, 5.74) is 1.08. The van der Waals surface area contributed by atoms with Crippen LogP contribution in [0.3, 0.4) is 0 Å². The molecule has 0 fully saturated rings. The number of benzene rings is 1. The van der Waals surface area contributed by atoms with Crippen molar-refractivity contribution in [3.05, 3.63) is 34.3 Å². The van der Waals surface area contributed by atoms with Gasteiger partial charge in [0.05, 0.1) is 0 Å². The molecule has 0 radical (unpaired) electrons. The molecule has 1 aromatic carbocycles. The summed E-state index contributed by atoms with van der Waals surface area (Å²) in [6, 6.07) is 7.87. The summed E-state index contributed by atoms with van der Waals surface area (Å²) in [5, 5.41) is 0. The Kier molecular flexibility index (Phi) is 3.05. The van der Waals surface area contributed by atoms with E-state index in [2.05, 4.69) is 20.8 Å². The summed E-state index contributed by atoms with van der Waals surface area (Å²) in [6.07, 6.45) is -0.0388. The Balaban J connectivity index is 2.81. The van der Waals surface area contributed by atoms with Crippen LogP contribution < -0.4 is 5.90 Å². The minimum absolute atomic E-state index is 0.0388. The van der Waals surface area contributed by atoms with Crippen LogP contribution in [0.5, 0.6) is 0 Å². The van der Waals surface area contributed by atoms with Crippen molar-refractivity contribution in [2.75, 3.05) is 0 Å². The summed E-state index contributed by atoms with van der Waals surface area (Å²) in [7, 11) is 0. The van der Waals surface area contributed by atoms with Gasteiger partial charge >= 0.3 is 0 Å². The Hall–Kier alpha value is -0.380. The van der Waals surface area contributed by atoms with E-state index in [0.29, 0.717) is 0 Å². The standard InChI is InChI=1S/C8H10BrNO/c1-6(11-10)7-2-4-8(9)5-3-7/h2-6H,10H2,1H3. The highest BCUT2D eigenvalue weighted by Gasteiger charge is 2.02. The molecule has 2 N–H and O–H groups in total. The first-order valence-corrected chi connectivity index (χ1v) is 4.14. The second-order valence-corrected chi connectivity index (χ2v) is 3.25. The predicted molar refractivity (Wildman–Crippen MR) is 47.8 cm³/mol. The highest BCUT2D eigenvalue weighted by atomic mass is 79.9. The molecule has 0 aliphatic rings. The van der Waals surface area contributed by atoms with E-state index < -0.39 is 0 Å². The molecule has 11 heavy (non-hydrogen) atoms. The molecular formula is C8H10BrNO. The van der Waals surface area contributed by atoms with Crippen LogP contribution in [-0.2, 0) is 4.84 Å². The molecular weight excluding hydrogens is 206 g/mol. The summed E-state index contributed by atoms with van der Waals surface area (Å²) >= 11 is 3.34. The van der Waals surface area contributed by atoms with Crippen LogP contribution in [-0.4, -0.2) is 0 Å². The van der Waals surface area contributed by atoms with E-state index in [0.717, 1.165) is 10.0 Å². The summed E-state index contributed by atoms with van der Waals surface area (Å²) in [6.45, 7) is 1.91.